The number of phenolic OH excluding ortho intramolecular Hbond substituents is 1. The molecule has 0 atom stereocenters. The smallest absolute Gasteiger partial charge is 0.288 e. The van der Waals surface area contributed by atoms with Gasteiger partial charge in [0.2, 0.25) is 0 Å². The van der Waals surface area contributed by atoms with E-state index in [4.69, 9.17) is 0 Å². The fourth-order valence-electron chi connectivity index (χ4n) is 3.51. The van der Waals surface area contributed by atoms with Crippen molar-refractivity contribution in [2.24, 2.45) is 0 Å². The summed E-state index contributed by atoms with van der Waals surface area (Å²) in [6.45, 7) is 12.3. The number of amides is 1. The van der Waals surface area contributed by atoms with Crippen LogP contribution >= 0.6 is 0 Å². The molecule has 6 heteroatoms. The molecule has 0 bridgehead atoms. The number of rotatable bonds is 8. The number of hydrogen-bond donors (Lipinski definition) is 2. The van der Waals surface area contributed by atoms with Gasteiger partial charge in [-0.15, -0.1) is 12.0 Å². The van der Waals surface area contributed by atoms with Gasteiger partial charge in [-0.05, 0) is 12.0 Å². The van der Waals surface area contributed by atoms with E-state index in [0.717, 1.165) is 38.3 Å². The minimum atomic E-state index is -0.148. The lowest BCUT2D eigenvalue weighted by Gasteiger charge is -2.34. The van der Waals surface area contributed by atoms with Crippen LogP contribution < -0.4 is 5.43 Å². The Balaban J connectivity index is 1.47. The number of carbonyl (C=O) groups excluding carboxylic acids is 1. The van der Waals surface area contributed by atoms with Crippen molar-refractivity contribution in [1.82, 2.24) is 15.2 Å². The summed E-state index contributed by atoms with van der Waals surface area (Å²) in [4.78, 5) is 17.0. The highest BCUT2D eigenvalue weighted by atomic mass is 16.3. The van der Waals surface area contributed by atoms with E-state index >= 15 is 0 Å². The number of hydrogen-bond acceptors (Lipinski definition) is 4. The molecule has 2 N–H and O–H groups in total. The molecule has 1 aliphatic heterocycles. The molecule has 0 saturated carbocycles. The third kappa shape index (κ3) is 5.76. The maximum atomic E-state index is 12.4. The van der Waals surface area contributed by atoms with E-state index in [-0.39, 0.29) is 11.7 Å². The molecule has 29 heavy (non-hydrogen) atoms. The lowest BCUT2D eigenvalue weighted by Crippen LogP contribution is -2.49. The summed E-state index contributed by atoms with van der Waals surface area (Å²) in [5, 5.41) is 10.4. The van der Waals surface area contributed by atoms with Gasteiger partial charge >= 0.3 is 0 Å². The van der Waals surface area contributed by atoms with Crippen molar-refractivity contribution in [3.63, 3.8) is 0 Å². The van der Waals surface area contributed by atoms with Crippen LogP contribution in [0.25, 0.3) is 0 Å². The van der Waals surface area contributed by atoms with E-state index < -0.39 is 0 Å². The van der Waals surface area contributed by atoms with Crippen LogP contribution in [0.4, 0.5) is 5.69 Å². The summed E-state index contributed by atoms with van der Waals surface area (Å²) in [5.74, 6) is -0.0396. The molecule has 0 aromatic heterocycles. The predicted molar refractivity (Wildman–Crippen MR) is 115 cm³/mol. The van der Waals surface area contributed by atoms with Gasteiger partial charge in [-0.1, -0.05) is 53.2 Å². The van der Waals surface area contributed by atoms with Crippen molar-refractivity contribution < 1.29 is 14.6 Å². The maximum absolute atomic E-state index is 12.4. The fourth-order valence-corrected chi connectivity index (χ4v) is 3.51. The second-order valence-electron chi connectivity index (χ2n) is 7.28. The highest BCUT2D eigenvalue weighted by Gasteiger charge is 2.22. The van der Waals surface area contributed by atoms with Gasteiger partial charge in [-0.2, -0.15) is 0 Å². The first-order valence-electron chi connectivity index (χ1n) is 9.87. The molecule has 1 amide bonds. The summed E-state index contributed by atoms with van der Waals surface area (Å²) in [6.07, 6.45) is 2.27. The summed E-state index contributed by atoms with van der Waals surface area (Å²) in [5.41, 5.74) is 5.27. The molecule has 6 nitrogen and oxygen atoms in total. The maximum Gasteiger partial charge on any atom is 0.288 e. The molecular formula is C23H29N4O2+. The van der Waals surface area contributed by atoms with Crippen molar-refractivity contribution in [1.29, 1.82) is 0 Å². The van der Waals surface area contributed by atoms with Crippen LogP contribution in [0.15, 0.2) is 61.2 Å². The van der Waals surface area contributed by atoms with Gasteiger partial charge in [0.05, 0.1) is 6.54 Å². The zero-order chi connectivity index (χ0) is 20.6. The average Bonchev–Trinajstić information content (AvgIpc) is 2.72. The Labute approximate surface area is 172 Å². The van der Waals surface area contributed by atoms with E-state index in [1.54, 1.807) is 12.1 Å². The van der Waals surface area contributed by atoms with Gasteiger partial charge in [0.1, 0.15) is 0 Å². The van der Waals surface area contributed by atoms with Gasteiger partial charge < -0.3 is 5.11 Å². The van der Waals surface area contributed by atoms with E-state index in [0.29, 0.717) is 18.7 Å². The van der Waals surface area contributed by atoms with E-state index in [2.05, 4.69) is 52.8 Å². The Kier molecular flexibility index (Phi) is 7.16. The fraction of sp³-hybridized carbons (Fsp3) is 0.304. The molecule has 1 heterocycles. The standard InChI is InChI=1S/C23H28N4O2/c1-3-8-20-11-7-12-21(23(20)29)25(2)24-22(28)18-27-15-13-26(14-16-27)17-19-9-5-4-6-10-19/h3-7,9-12H,1-2,8,13-18H2,(H-,24,28,29)/p+1. The van der Waals surface area contributed by atoms with Crippen molar-refractivity contribution in [3.05, 3.63) is 72.3 Å². The Morgan fingerprint density at radius 1 is 1.07 bits per heavy atom. The number of piperazine rings is 1. The second-order valence-corrected chi connectivity index (χ2v) is 7.28. The lowest BCUT2D eigenvalue weighted by atomic mass is 10.1. The van der Waals surface area contributed by atoms with Crippen molar-refractivity contribution in [2.75, 3.05) is 32.7 Å². The molecule has 1 saturated heterocycles. The first-order chi connectivity index (χ1) is 14.1. The quantitative estimate of drug-likeness (QED) is 0.313. The summed E-state index contributed by atoms with van der Waals surface area (Å²) in [7, 11) is 0. The zero-order valence-corrected chi connectivity index (χ0v) is 16.8. The number of hydrazone groups is 1. The average molecular weight is 394 g/mol. The third-order valence-electron chi connectivity index (χ3n) is 5.09. The minimum absolute atomic E-state index is 0.109. The molecule has 152 valence electrons. The molecule has 0 unspecified atom stereocenters. The SMILES string of the molecule is C=CCc1cccc([N+](=C)NC(=O)CN2CCN(Cc3ccccc3)CC2)c1O. The number of benzene rings is 2. The topological polar surface area (TPSA) is 58.8 Å². The summed E-state index contributed by atoms with van der Waals surface area (Å²) >= 11 is 0. The van der Waals surface area contributed by atoms with Gasteiger partial charge in [-0.25, -0.2) is 0 Å². The Hall–Kier alpha value is -2.96. The Morgan fingerprint density at radius 3 is 2.45 bits per heavy atom. The Morgan fingerprint density at radius 2 is 1.76 bits per heavy atom. The van der Waals surface area contributed by atoms with Gasteiger partial charge in [0.25, 0.3) is 11.6 Å². The monoisotopic (exact) mass is 393 g/mol. The zero-order valence-electron chi connectivity index (χ0n) is 16.8. The normalized spacial score (nSPS) is 15.0. The largest absolute Gasteiger partial charge is 0.502 e. The molecule has 2 aromatic rings. The highest BCUT2D eigenvalue weighted by molar-refractivity contribution is 5.77. The number of carbonyl (C=O) groups is 1. The minimum Gasteiger partial charge on any atom is -0.502 e. The summed E-state index contributed by atoms with van der Waals surface area (Å²) in [6, 6.07) is 15.8. The first-order valence-corrected chi connectivity index (χ1v) is 9.87. The number of hydrazine groups is 1. The second kappa shape index (κ2) is 10.0. The summed E-state index contributed by atoms with van der Waals surface area (Å²) < 4.78 is 1.33. The van der Waals surface area contributed by atoms with E-state index in [1.165, 1.54) is 10.2 Å². The molecule has 0 aliphatic carbocycles. The number of allylic oxidation sites excluding steroid dienone is 1. The van der Waals surface area contributed by atoms with Crippen LogP contribution in [0.2, 0.25) is 0 Å². The molecular weight excluding hydrogens is 364 g/mol. The number of nitrogens with one attached hydrogen (secondary N) is 1. The van der Waals surface area contributed by atoms with Crippen molar-refractivity contribution in [2.45, 2.75) is 13.0 Å². The molecule has 0 radical (unpaired) electrons. The lowest BCUT2D eigenvalue weighted by molar-refractivity contribution is -0.484. The first kappa shape index (κ1) is 20.8. The molecule has 1 aliphatic rings. The van der Waals surface area contributed by atoms with Crippen LogP contribution in [-0.4, -0.2) is 64.9 Å². The molecule has 0 spiro atoms. The van der Waals surface area contributed by atoms with E-state index in [1.807, 2.05) is 18.2 Å². The Bertz CT molecular complexity index is 858. The number of aromatic hydroxyl groups is 1. The number of phenols is 1. The van der Waals surface area contributed by atoms with Crippen molar-refractivity contribution in [3.8, 4) is 5.75 Å². The van der Waals surface area contributed by atoms with E-state index in [9.17, 15) is 9.90 Å². The molecule has 2 aromatic carbocycles. The highest BCUT2D eigenvalue weighted by Crippen LogP contribution is 2.29. The molecule has 1 fully saturated rings. The molecule has 3 rings (SSSR count). The number of nitrogens with zero attached hydrogens (tertiary/aromatic N) is 3. The van der Waals surface area contributed by atoms with Crippen LogP contribution in [0.5, 0.6) is 5.75 Å². The van der Waals surface area contributed by atoms with Crippen LogP contribution in [0, 0.1) is 0 Å². The predicted octanol–water partition coefficient (Wildman–Crippen LogP) is 2.31. The van der Waals surface area contributed by atoms with Crippen LogP contribution in [0.3, 0.4) is 0 Å². The van der Waals surface area contributed by atoms with Gasteiger partial charge in [0, 0.05) is 44.4 Å². The van der Waals surface area contributed by atoms with Gasteiger partial charge in [0.15, 0.2) is 12.5 Å². The van der Waals surface area contributed by atoms with Crippen LogP contribution in [-0.2, 0) is 17.8 Å². The van der Waals surface area contributed by atoms with Crippen molar-refractivity contribution >= 4 is 18.3 Å². The van der Waals surface area contributed by atoms with Crippen LogP contribution in [0.1, 0.15) is 11.1 Å². The number of para-hydroxylation sites is 1. The third-order valence-corrected chi connectivity index (χ3v) is 5.09. The van der Waals surface area contributed by atoms with Gasteiger partial charge in [-0.3, -0.25) is 14.6 Å².